The van der Waals surface area contributed by atoms with Crippen LogP contribution in [0, 0.1) is 0 Å². The maximum absolute atomic E-state index is 13.9. The van der Waals surface area contributed by atoms with Crippen molar-refractivity contribution >= 4 is 39.0 Å². The van der Waals surface area contributed by atoms with E-state index in [1.807, 2.05) is 13.8 Å². The fourth-order valence-electron chi connectivity index (χ4n) is 5.43. The molecule has 1 aliphatic rings. The number of Topliss-reactive ketones (excluding diaryl/α,β-unsaturated/α-hetero) is 1. The van der Waals surface area contributed by atoms with E-state index in [9.17, 15) is 26.4 Å². The van der Waals surface area contributed by atoms with Crippen molar-refractivity contribution < 1.29 is 26.4 Å². The third-order valence-electron chi connectivity index (χ3n) is 7.97. The number of carbonyl (C=O) groups excluding carboxylic acids is 1. The number of allylic oxidation sites excluding steroid dienone is 2. The van der Waals surface area contributed by atoms with Gasteiger partial charge in [0.15, 0.2) is 5.78 Å². The first-order valence-corrected chi connectivity index (χ1v) is 16.2. The molecule has 1 fully saturated rings. The van der Waals surface area contributed by atoms with Gasteiger partial charge < -0.3 is 4.90 Å². The van der Waals surface area contributed by atoms with Gasteiger partial charge in [0.1, 0.15) is 0 Å². The van der Waals surface area contributed by atoms with Gasteiger partial charge in [-0.2, -0.15) is 17.5 Å². The predicted molar refractivity (Wildman–Crippen MR) is 159 cm³/mol. The van der Waals surface area contributed by atoms with E-state index in [0.717, 1.165) is 17.7 Å². The van der Waals surface area contributed by atoms with Crippen LogP contribution in [0.5, 0.6) is 0 Å². The van der Waals surface area contributed by atoms with Crippen LogP contribution in [0.25, 0.3) is 0 Å². The Morgan fingerprint density at radius 3 is 2.15 bits per heavy atom. The van der Waals surface area contributed by atoms with Gasteiger partial charge in [-0.05, 0) is 100 Å². The number of benzene rings is 2. The molecule has 0 radical (unpaired) electrons. The van der Waals surface area contributed by atoms with Crippen LogP contribution >= 0.6 is 23.2 Å². The van der Waals surface area contributed by atoms with Crippen molar-refractivity contribution in [3.8, 4) is 0 Å². The fraction of sp³-hybridized carbons (Fsp3) is 0.500. The van der Waals surface area contributed by atoms with Gasteiger partial charge in [0.25, 0.3) is 0 Å². The fourth-order valence-corrected chi connectivity index (χ4v) is 6.95. The zero-order valence-corrected chi connectivity index (χ0v) is 26.1. The molecule has 41 heavy (non-hydrogen) atoms. The Kier molecular flexibility index (Phi) is 11.1. The molecule has 2 aromatic carbocycles. The average Bonchev–Trinajstić information content (AvgIpc) is 2.91. The summed E-state index contributed by atoms with van der Waals surface area (Å²) in [6, 6.07) is 10.1. The molecule has 1 heterocycles. The quantitative estimate of drug-likeness (QED) is 0.247. The third-order valence-corrected chi connectivity index (χ3v) is 10.1. The zero-order valence-electron chi connectivity index (χ0n) is 23.8. The molecule has 1 saturated heterocycles. The molecule has 0 bridgehead atoms. The monoisotopic (exact) mass is 632 g/mol. The summed E-state index contributed by atoms with van der Waals surface area (Å²) < 4.78 is 64.6. The van der Waals surface area contributed by atoms with E-state index in [1.54, 1.807) is 35.5 Å². The van der Waals surface area contributed by atoms with Gasteiger partial charge in [-0.1, -0.05) is 54.4 Å². The Bertz CT molecular complexity index is 1360. The number of carbonyl (C=O) groups is 1. The Morgan fingerprint density at radius 2 is 1.63 bits per heavy atom. The summed E-state index contributed by atoms with van der Waals surface area (Å²) in [6.07, 6.45) is 0.814. The number of rotatable bonds is 11. The highest BCUT2D eigenvalue weighted by molar-refractivity contribution is 7.88. The zero-order chi connectivity index (χ0) is 30.6. The van der Waals surface area contributed by atoms with Gasteiger partial charge in [-0.25, -0.2) is 8.42 Å². The lowest BCUT2D eigenvalue weighted by molar-refractivity contribution is -0.137. The molecular formula is C30H37Cl2F3N2O3S. The maximum Gasteiger partial charge on any atom is 0.416 e. The van der Waals surface area contributed by atoms with Crippen molar-refractivity contribution in [2.75, 3.05) is 32.4 Å². The molecule has 5 nitrogen and oxygen atoms in total. The van der Waals surface area contributed by atoms with Gasteiger partial charge in [0.2, 0.25) is 10.0 Å². The first kappa shape index (κ1) is 33.6. The number of likely N-dealkylation sites (tertiary alicyclic amines) is 1. The molecule has 1 unspecified atom stereocenters. The molecule has 0 aliphatic carbocycles. The van der Waals surface area contributed by atoms with Crippen molar-refractivity contribution in [3.05, 3.63) is 80.8 Å². The second kappa shape index (κ2) is 13.6. The molecule has 0 saturated carbocycles. The van der Waals surface area contributed by atoms with Gasteiger partial charge >= 0.3 is 6.18 Å². The van der Waals surface area contributed by atoms with Crippen molar-refractivity contribution in [1.29, 1.82) is 0 Å². The number of hydrogen-bond acceptors (Lipinski definition) is 4. The predicted octanol–water partition coefficient (Wildman–Crippen LogP) is 7.16. The summed E-state index contributed by atoms with van der Waals surface area (Å²) in [4.78, 5) is 16.2. The Balaban J connectivity index is 1.77. The summed E-state index contributed by atoms with van der Waals surface area (Å²) in [6.45, 7) is 7.92. The number of nitrogens with zero attached hydrogens (tertiary/aromatic N) is 2. The molecule has 0 spiro atoms. The van der Waals surface area contributed by atoms with Crippen LogP contribution in [0.3, 0.4) is 0 Å². The van der Waals surface area contributed by atoms with Crippen LogP contribution in [-0.2, 0) is 32.8 Å². The summed E-state index contributed by atoms with van der Waals surface area (Å²) in [5.41, 5.74) is 0.244. The largest absolute Gasteiger partial charge is 0.416 e. The Hall–Kier alpha value is -1.91. The van der Waals surface area contributed by atoms with Crippen LogP contribution in [0.2, 0.25) is 10.0 Å². The van der Waals surface area contributed by atoms with E-state index < -0.39 is 27.2 Å². The van der Waals surface area contributed by atoms with E-state index in [4.69, 9.17) is 23.2 Å². The highest BCUT2D eigenvalue weighted by Gasteiger charge is 2.37. The summed E-state index contributed by atoms with van der Waals surface area (Å²) in [7, 11) is -3.28. The van der Waals surface area contributed by atoms with Gasteiger partial charge in [-0.3, -0.25) is 4.79 Å². The lowest BCUT2D eigenvalue weighted by Crippen LogP contribution is -2.48. The van der Waals surface area contributed by atoms with Crippen molar-refractivity contribution in [2.24, 2.45) is 0 Å². The highest BCUT2D eigenvalue weighted by atomic mass is 35.5. The van der Waals surface area contributed by atoms with Crippen molar-refractivity contribution in [2.45, 2.75) is 64.1 Å². The number of sulfonamides is 1. The smallest absolute Gasteiger partial charge is 0.303 e. The summed E-state index contributed by atoms with van der Waals surface area (Å²) in [5.74, 6) is -0.105. The van der Waals surface area contributed by atoms with E-state index in [2.05, 4.69) is 4.90 Å². The van der Waals surface area contributed by atoms with Crippen LogP contribution in [-0.4, -0.2) is 61.9 Å². The normalized spacial score (nSPS) is 17.6. The van der Waals surface area contributed by atoms with E-state index in [1.165, 1.54) is 18.4 Å². The molecule has 1 aliphatic heterocycles. The SMILES string of the molecule is CCN(C1CCN(CCC(C)(C(=O)/C(C)=C/Cc2ccc(C(F)(F)F)cc2)c2ccc(Cl)c(Cl)c2)CC1)S(C)(=O)=O. The average molecular weight is 634 g/mol. The van der Waals surface area contributed by atoms with E-state index in [0.29, 0.717) is 73.0 Å². The molecule has 2 aromatic rings. The summed E-state index contributed by atoms with van der Waals surface area (Å²) >= 11 is 12.5. The molecular weight excluding hydrogens is 596 g/mol. The second-order valence-corrected chi connectivity index (χ2v) is 13.6. The maximum atomic E-state index is 13.9. The minimum atomic E-state index is -4.40. The van der Waals surface area contributed by atoms with Crippen molar-refractivity contribution in [1.82, 2.24) is 9.21 Å². The van der Waals surface area contributed by atoms with Crippen molar-refractivity contribution in [3.63, 3.8) is 0 Å². The highest BCUT2D eigenvalue weighted by Crippen LogP contribution is 2.36. The summed E-state index contributed by atoms with van der Waals surface area (Å²) in [5, 5.41) is 0.726. The topological polar surface area (TPSA) is 57.7 Å². The van der Waals surface area contributed by atoms with Gasteiger partial charge in [0.05, 0.1) is 27.3 Å². The molecule has 226 valence electrons. The molecule has 0 N–H and O–H groups in total. The van der Waals surface area contributed by atoms with Crippen LogP contribution in [0.15, 0.2) is 54.1 Å². The number of hydrogen-bond donors (Lipinski definition) is 0. The molecule has 0 aromatic heterocycles. The number of halogens is 5. The molecule has 3 rings (SSSR count). The number of ketones is 1. The number of piperidine rings is 1. The third kappa shape index (κ3) is 8.57. The second-order valence-electron chi connectivity index (χ2n) is 10.9. The number of alkyl halides is 3. The first-order chi connectivity index (χ1) is 19.1. The molecule has 11 heteroatoms. The van der Waals surface area contributed by atoms with E-state index in [-0.39, 0.29) is 11.8 Å². The minimum absolute atomic E-state index is 0.0373. The van der Waals surface area contributed by atoms with Gasteiger partial charge in [-0.15, -0.1) is 0 Å². The van der Waals surface area contributed by atoms with Crippen LogP contribution < -0.4 is 0 Å². The van der Waals surface area contributed by atoms with Crippen LogP contribution in [0.4, 0.5) is 13.2 Å². The molecule has 0 amide bonds. The first-order valence-electron chi connectivity index (χ1n) is 13.6. The van der Waals surface area contributed by atoms with Crippen LogP contribution in [0.1, 0.15) is 56.7 Å². The lowest BCUT2D eigenvalue weighted by atomic mass is 9.73. The Labute approximate surface area is 251 Å². The Morgan fingerprint density at radius 1 is 1.05 bits per heavy atom. The molecule has 1 atom stereocenters. The minimum Gasteiger partial charge on any atom is -0.303 e. The van der Waals surface area contributed by atoms with E-state index >= 15 is 0 Å². The standard InChI is InChI=1S/C30H37Cl2F3N2O3S/c1-5-37(41(4,39)40)25-14-17-36(18-15-25)19-16-29(3,24-12-13-26(31)27(32)20-24)28(38)21(2)6-7-22-8-10-23(11-9-22)30(33,34)35/h6,8-13,20,25H,5,7,14-19H2,1-4H3/b21-6+. The van der Waals surface area contributed by atoms with Gasteiger partial charge in [0, 0.05) is 12.6 Å². The lowest BCUT2D eigenvalue weighted by Gasteiger charge is -2.38.